The smallest absolute Gasteiger partial charge is 0.261 e. The van der Waals surface area contributed by atoms with Crippen molar-refractivity contribution in [1.82, 2.24) is 14.5 Å². The van der Waals surface area contributed by atoms with Crippen LogP contribution in [0.1, 0.15) is 30.3 Å². The van der Waals surface area contributed by atoms with Gasteiger partial charge in [-0.25, -0.2) is 4.98 Å². The number of para-hydroxylation sites is 1. The minimum atomic E-state index is -0.0203. The van der Waals surface area contributed by atoms with Gasteiger partial charge in [0.25, 0.3) is 5.56 Å². The number of rotatable bonds is 2. The molecule has 0 unspecified atom stereocenters. The number of aromatic amines is 1. The number of hydrogen-bond donors (Lipinski definition) is 1. The summed E-state index contributed by atoms with van der Waals surface area (Å²) in [5, 5.41) is 2.34. The summed E-state index contributed by atoms with van der Waals surface area (Å²) in [5.41, 5.74) is 5.38. The molecular weight excluding hydrogens is 358 g/mol. The molecule has 3 heterocycles. The molecule has 134 valence electrons. The van der Waals surface area contributed by atoms with Crippen LogP contribution in [0.15, 0.2) is 47.4 Å². The van der Waals surface area contributed by atoms with Crippen molar-refractivity contribution in [3.8, 4) is 0 Å². The number of H-pyrrole nitrogens is 1. The van der Waals surface area contributed by atoms with E-state index in [1.54, 1.807) is 16.7 Å². The van der Waals surface area contributed by atoms with Gasteiger partial charge in [-0.3, -0.25) is 9.36 Å². The molecule has 2 aromatic heterocycles. The minimum absolute atomic E-state index is 0.0203. The summed E-state index contributed by atoms with van der Waals surface area (Å²) in [7, 11) is 0. The van der Waals surface area contributed by atoms with Gasteiger partial charge in [0.1, 0.15) is 5.82 Å². The van der Waals surface area contributed by atoms with Crippen LogP contribution in [0, 0.1) is 0 Å². The molecule has 27 heavy (non-hydrogen) atoms. The summed E-state index contributed by atoms with van der Waals surface area (Å²) >= 11 is 6.05. The summed E-state index contributed by atoms with van der Waals surface area (Å²) in [6.45, 7) is 2.81. The standard InChI is InChI=1S/C22H18ClN3O/c1-2-13-4-3-5-17-15(12-24-20(13)17)10-14-8-9-26-21(14)25-19-7-6-16(23)11-18(19)22(26)27/h3-7,10-12,24H,2,8-9H2,1H3. The number of benzene rings is 2. The van der Waals surface area contributed by atoms with E-state index in [9.17, 15) is 4.79 Å². The molecule has 0 saturated heterocycles. The summed E-state index contributed by atoms with van der Waals surface area (Å²) in [4.78, 5) is 21.0. The molecule has 0 spiro atoms. The largest absolute Gasteiger partial charge is 0.360 e. The van der Waals surface area contributed by atoms with Gasteiger partial charge in [0.2, 0.25) is 0 Å². The van der Waals surface area contributed by atoms with E-state index >= 15 is 0 Å². The zero-order valence-electron chi connectivity index (χ0n) is 14.9. The topological polar surface area (TPSA) is 50.7 Å². The maximum absolute atomic E-state index is 12.8. The van der Waals surface area contributed by atoms with Crippen molar-refractivity contribution < 1.29 is 0 Å². The van der Waals surface area contributed by atoms with Crippen LogP contribution in [0.3, 0.4) is 0 Å². The highest BCUT2D eigenvalue weighted by Crippen LogP contribution is 2.31. The van der Waals surface area contributed by atoms with Gasteiger partial charge in [0, 0.05) is 34.2 Å². The number of aromatic nitrogens is 3. The van der Waals surface area contributed by atoms with E-state index in [1.165, 1.54) is 16.5 Å². The van der Waals surface area contributed by atoms with E-state index in [-0.39, 0.29) is 5.56 Å². The molecular formula is C22H18ClN3O. The average molecular weight is 376 g/mol. The van der Waals surface area contributed by atoms with E-state index in [4.69, 9.17) is 16.6 Å². The van der Waals surface area contributed by atoms with Crippen molar-refractivity contribution in [2.24, 2.45) is 0 Å². The second-order valence-corrected chi connectivity index (χ2v) is 7.35. The van der Waals surface area contributed by atoms with Gasteiger partial charge < -0.3 is 4.98 Å². The Labute approximate surface area is 161 Å². The van der Waals surface area contributed by atoms with Crippen LogP contribution in [0.4, 0.5) is 0 Å². The van der Waals surface area contributed by atoms with Crippen molar-refractivity contribution in [3.63, 3.8) is 0 Å². The summed E-state index contributed by atoms with van der Waals surface area (Å²) in [6, 6.07) is 11.7. The molecule has 4 aromatic rings. The van der Waals surface area contributed by atoms with E-state index in [0.717, 1.165) is 29.8 Å². The summed E-state index contributed by atoms with van der Waals surface area (Å²) < 4.78 is 1.76. The highest BCUT2D eigenvalue weighted by molar-refractivity contribution is 6.31. The third kappa shape index (κ3) is 2.52. The fraction of sp³-hybridized carbons (Fsp3) is 0.182. The highest BCUT2D eigenvalue weighted by atomic mass is 35.5. The maximum Gasteiger partial charge on any atom is 0.261 e. The van der Waals surface area contributed by atoms with Crippen LogP contribution < -0.4 is 5.56 Å². The lowest BCUT2D eigenvalue weighted by molar-refractivity contribution is 0.725. The second-order valence-electron chi connectivity index (χ2n) is 6.91. The first kappa shape index (κ1) is 16.3. The first-order valence-electron chi connectivity index (χ1n) is 9.15. The SMILES string of the molecule is CCc1cccc2c(C=C3CCn4c3nc3ccc(Cl)cc3c4=O)c[nH]c12. The van der Waals surface area contributed by atoms with Crippen LogP contribution in [-0.4, -0.2) is 14.5 Å². The molecule has 1 aliphatic rings. The molecule has 1 N–H and O–H groups in total. The lowest BCUT2D eigenvalue weighted by Crippen LogP contribution is -2.20. The van der Waals surface area contributed by atoms with Crippen molar-refractivity contribution in [2.45, 2.75) is 26.3 Å². The number of aryl methyl sites for hydroxylation is 1. The number of hydrogen-bond acceptors (Lipinski definition) is 2. The molecule has 2 aromatic carbocycles. The molecule has 0 aliphatic carbocycles. The molecule has 0 saturated carbocycles. The first-order chi connectivity index (χ1) is 13.2. The van der Waals surface area contributed by atoms with E-state index in [2.05, 4.69) is 36.2 Å². The van der Waals surface area contributed by atoms with Crippen molar-refractivity contribution in [2.75, 3.05) is 0 Å². The Morgan fingerprint density at radius 1 is 1.26 bits per heavy atom. The Kier molecular flexibility index (Phi) is 3.69. The normalized spacial score (nSPS) is 15.1. The van der Waals surface area contributed by atoms with Gasteiger partial charge in [-0.2, -0.15) is 0 Å². The van der Waals surface area contributed by atoms with Crippen LogP contribution in [-0.2, 0) is 13.0 Å². The fourth-order valence-electron chi connectivity index (χ4n) is 3.97. The van der Waals surface area contributed by atoms with E-state index < -0.39 is 0 Å². The van der Waals surface area contributed by atoms with Crippen molar-refractivity contribution in [1.29, 1.82) is 0 Å². The van der Waals surface area contributed by atoms with Crippen LogP contribution in [0.5, 0.6) is 0 Å². The lowest BCUT2D eigenvalue weighted by atomic mass is 10.0. The third-order valence-electron chi connectivity index (χ3n) is 5.35. The van der Waals surface area contributed by atoms with Crippen LogP contribution >= 0.6 is 11.6 Å². The summed E-state index contributed by atoms with van der Waals surface area (Å²) in [6.07, 6.45) is 5.98. The zero-order valence-corrected chi connectivity index (χ0v) is 15.7. The molecule has 5 rings (SSSR count). The number of nitrogens with one attached hydrogen (secondary N) is 1. The monoisotopic (exact) mass is 375 g/mol. The third-order valence-corrected chi connectivity index (χ3v) is 5.59. The molecule has 0 amide bonds. The first-order valence-corrected chi connectivity index (χ1v) is 9.53. The Bertz CT molecular complexity index is 1300. The van der Waals surface area contributed by atoms with Crippen molar-refractivity contribution >= 4 is 45.1 Å². The summed E-state index contributed by atoms with van der Waals surface area (Å²) in [5.74, 6) is 0.760. The highest BCUT2D eigenvalue weighted by Gasteiger charge is 2.21. The van der Waals surface area contributed by atoms with Gasteiger partial charge in [-0.15, -0.1) is 0 Å². The number of halogens is 1. The van der Waals surface area contributed by atoms with Gasteiger partial charge in [-0.05, 0) is 48.3 Å². The quantitative estimate of drug-likeness (QED) is 0.533. The number of allylic oxidation sites excluding steroid dienone is 1. The van der Waals surface area contributed by atoms with Crippen LogP contribution in [0.25, 0.3) is 33.5 Å². The molecule has 0 atom stereocenters. The second kappa shape index (κ2) is 6.10. The Morgan fingerprint density at radius 3 is 3.00 bits per heavy atom. The fourth-order valence-corrected chi connectivity index (χ4v) is 4.14. The predicted octanol–water partition coefficient (Wildman–Crippen LogP) is 5.04. The average Bonchev–Trinajstić information content (AvgIpc) is 3.27. The minimum Gasteiger partial charge on any atom is -0.360 e. The lowest BCUT2D eigenvalue weighted by Gasteiger charge is -2.06. The number of nitrogens with zero attached hydrogens (tertiary/aromatic N) is 2. The molecule has 1 aliphatic heterocycles. The van der Waals surface area contributed by atoms with E-state index in [0.29, 0.717) is 22.5 Å². The number of fused-ring (bicyclic) bond motifs is 3. The Morgan fingerprint density at radius 2 is 2.15 bits per heavy atom. The predicted molar refractivity (Wildman–Crippen MR) is 111 cm³/mol. The molecule has 0 bridgehead atoms. The molecule has 0 fully saturated rings. The van der Waals surface area contributed by atoms with Gasteiger partial charge in [0.15, 0.2) is 0 Å². The molecule has 4 nitrogen and oxygen atoms in total. The Balaban J connectivity index is 1.69. The molecule has 5 heteroatoms. The van der Waals surface area contributed by atoms with E-state index in [1.807, 2.05) is 12.3 Å². The zero-order chi connectivity index (χ0) is 18.5. The molecule has 0 radical (unpaired) electrons. The Hall–Kier alpha value is -2.85. The van der Waals surface area contributed by atoms with Crippen LogP contribution in [0.2, 0.25) is 5.02 Å². The van der Waals surface area contributed by atoms with Gasteiger partial charge in [-0.1, -0.05) is 36.7 Å². The van der Waals surface area contributed by atoms with Gasteiger partial charge in [0.05, 0.1) is 10.9 Å². The van der Waals surface area contributed by atoms with Crippen molar-refractivity contribution in [3.05, 3.63) is 74.9 Å². The van der Waals surface area contributed by atoms with Gasteiger partial charge >= 0.3 is 0 Å². The maximum atomic E-state index is 12.8.